The number of aliphatic imine (C=N–C) groups is 1. The monoisotopic (exact) mass is 352 g/mol. The van der Waals surface area contributed by atoms with Crippen molar-refractivity contribution in [2.75, 3.05) is 6.26 Å². The maximum atomic E-state index is 13.4. The van der Waals surface area contributed by atoms with E-state index in [1.165, 1.54) is 0 Å². The molecule has 0 aliphatic carbocycles. The second-order valence-corrected chi connectivity index (χ2v) is 7.69. The topological polar surface area (TPSA) is 32.7 Å². The van der Waals surface area contributed by atoms with E-state index in [1.807, 2.05) is 42.7 Å². The molecule has 0 fully saturated rings. The van der Waals surface area contributed by atoms with Gasteiger partial charge in [-0.1, -0.05) is 67.6 Å². The normalized spacial score (nSPS) is 22.2. The average Bonchev–Trinajstić information content (AvgIpc) is 2.99. The van der Waals surface area contributed by atoms with Gasteiger partial charge in [-0.05, 0) is 24.3 Å². The molecule has 2 aromatic carbocycles. The maximum absolute atomic E-state index is 13.4. The molecule has 1 aliphatic heterocycles. The number of nitrogens with zero attached hydrogens (tertiary/aromatic N) is 2. The van der Waals surface area contributed by atoms with Crippen molar-refractivity contribution in [3.8, 4) is 0 Å². The van der Waals surface area contributed by atoms with E-state index in [0.29, 0.717) is 6.42 Å². The molecule has 0 radical (unpaired) electrons. The lowest BCUT2D eigenvalue weighted by atomic mass is 9.87. The molecule has 0 bridgehead atoms. The molecule has 0 spiro atoms. The van der Waals surface area contributed by atoms with E-state index >= 15 is 0 Å². The Balaban J connectivity index is 1.91. The van der Waals surface area contributed by atoms with Gasteiger partial charge in [0.05, 0.1) is 12.4 Å². The first-order valence-corrected chi connectivity index (χ1v) is 9.87. The quantitative estimate of drug-likeness (QED) is 0.774. The van der Waals surface area contributed by atoms with Crippen molar-refractivity contribution in [1.29, 1.82) is 0 Å². The van der Waals surface area contributed by atoms with Crippen LogP contribution in [0, 0.1) is 0 Å². The van der Waals surface area contributed by atoms with Crippen molar-refractivity contribution in [3.63, 3.8) is 0 Å². The van der Waals surface area contributed by atoms with Crippen molar-refractivity contribution in [2.45, 2.75) is 37.1 Å². The molecule has 0 N–H and O–H groups in total. The molecule has 3 nitrogen and oxygen atoms in total. The maximum Gasteiger partial charge on any atom is 0.257 e. The molecule has 1 aliphatic rings. The zero-order valence-corrected chi connectivity index (χ0v) is 15.7. The summed E-state index contributed by atoms with van der Waals surface area (Å²) in [4.78, 5) is 20.0. The lowest BCUT2D eigenvalue weighted by molar-refractivity contribution is -0.132. The van der Waals surface area contributed by atoms with Crippen molar-refractivity contribution in [2.24, 2.45) is 4.99 Å². The van der Waals surface area contributed by atoms with Crippen LogP contribution in [-0.2, 0) is 11.2 Å². The summed E-state index contributed by atoms with van der Waals surface area (Å²) in [6, 6.07) is 20.3. The van der Waals surface area contributed by atoms with Gasteiger partial charge in [0, 0.05) is 11.7 Å². The Morgan fingerprint density at radius 2 is 1.64 bits per heavy atom. The summed E-state index contributed by atoms with van der Waals surface area (Å²) < 4.78 is 0. The number of thioether (sulfide) groups is 1. The molecule has 0 saturated heterocycles. The summed E-state index contributed by atoms with van der Waals surface area (Å²) in [5.41, 5.74) is 1.53. The van der Waals surface area contributed by atoms with Gasteiger partial charge < -0.3 is 0 Å². The zero-order valence-electron chi connectivity index (χ0n) is 14.9. The highest BCUT2D eigenvalue weighted by Crippen LogP contribution is 2.37. The van der Waals surface area contributed by atoms with Gasteiger partial charge in [-0.15, -0.1) is 0 Å². The minimum absolute atomic E-state index is 0.0239. The van der Waals surface area contributed by atoms with Gasteiger partial charge in [-0.2, -0.15) is 11.8 Å². The third kappa shape index (κ3) is 3.36. The highest BCUT2D eigenvalue weighted by Gasteiger charge is 2.49. The highest BCUT2D eigenvalue weighted by molar-refractivity contribution is 7.99. The van der Waals surface area contributed by atoms with Crippen molar-refractivity contribution in [3.05, 3.63) is 71.8 Å². The van der Waals surface area contributed by atoms with Crippen LogP contribution in [0.15, 0.2) is 65.7 Å². The predicted molar refractivity (Wildman–Crippen MR) is 106 cm³/mol. The summed E-state index contributed by atoms with van der Waals surface area (Å²) in [6.45, 7) is 4.15. The van der Waals surface area contributed by atoms with Crippen LogP contribution in [0.25, 0.3) is 0 Å². The first kappa shape index (κ1) is 17.7. The Kier molecular flexibility index (Phi) is 5.28. The lowest BCUT2D eigenvalue weighted by Crippen LogP contribution is -2.49. The number of hydrogen-bond acceptors (Lipinski definition) is 3. The van der Waals surface area contributed by atoms with E-state index in [2.05, 4.69) is 38.1 Å². The molecule has 25 heavy (non-hydrogen) atoms. The third-order valence-corrected chi connectivity index (χ3v) is 6.16. The largest absolute Gasteiger partial charge is 0.294 e. The van der Waals surface area contributed by atoms with Gasteiger partial charge in [-0.3, -0.25) is 14.7 Å². The number of carbonyl (C=O) groups is 1. The summed E-state index contributed by atoms with van der Waals surface area (Å²) in [7, 11) is 0. The smallest absolute Gasteiger partial charge is 0.257 e. The number of carbonyl (C=O) groups excluding carboxylic acids is 1. The minimum atomic E-state index is -0.732. The third-order valence-electron chi connectivity index (χ3n) is 5.06. The Morgan fingerprint density at radius 1 is 1.04 bits per heavy atom. The van der Waals surface area contributed by atoms with Crippen LogP contribution in [0.1, 0.15) is 31.0 Å². The molecule has 130 valence electrons. The Bertz CT molecular complexity index is 747. The summed E-state index contributed by atoms with van der Waals surface area (Å²) >= 11 is 1.69. The highest BCUT2D eigenvalue weighted by atomic mass is 32.2. The number of hydrogen-bond donors (Lipinski definition) is 0. The number of rotatable bonds is 6. The van der Waals surface area contributed by atoms with E-state index in [0.717, 1.165) is 11.1 Å². The summed E-state index contributed by atoms with van der Waals surface area (Å²) in [5, 5.41) is 0.101. The molecule has 4 heteroatoms. The first-order valence-electron chi connectivity index (χ1n) is 8.58. The Morgan fingerprint density at radius 3 is 2.24 bits per heavy atom. The molecule has 1 amide bonds. The molecule has 2 aromatic rings. The van der Waals surface area contributed by atoms with Crippen LogP contribution in [0.2, 0.25) is 0 Å². The number of benzene rings is 2. The van der Waals surface area contributed by atoms with E-state index in [4.69, 9.17) is 4.99 Å². The standard InChI is InChI=1S/C21H24N2OS/c1-16(19-12-8-5-9-13-19)23-15-22-21(20(23)24,17(2)25-3)14-18-10-6-4-7-11-18/h4-13,15-17H,14H2,1-3H3/t16?,17?,21-/m1/s1. The molecule has 3 rings (SSSR count). The van der Waals surface area contributed by atoms with E-state index in [1.54, 1.807) is 23.0 Å². The Labute approximate surface area is 154 Å². The fourth-order valence-electron chi connectivity index (χ4n) is 3.31. The Hall–Kier alpha value is -2.07. The SMILES string of the molecule is CSC(C)[C@@]1(Cc2ccccc2)N=CN(C(C)c2ccccc2)C1=O. The van der Waals surface area contributed by atoms with Gasteiger partial charge in [0.1, 0.15) is 0 Å². The van der Waals surface area contributed by atoms with Crippen LogP contribution < -0.4 is 0 Å². The molecule has 2 unspecified atom stereocenters. The first-order chi connectivity index (χ1) is 12.1. The van der Waals surface area contributed by atoms with Gasteiger partial charge in [-0.25, -0.2) is 0 Å². The van der Waals surface area contributed by atoms with Crippen LogP contribution in [-0.4, -0.2) is 34.2 Å². The minimum Gasteiger partial charge on any atom is -0.294 e. The lowest BCUT2D eigenvalue weighted by Gasteiger charge is -2.33. The molecule has 3 atom stereocenters. The van der Waals surface area contributed by atoms with Crippen LogP contribution in [0.5, 0.6) is 0 Å². The fraction of sp³-hybridized carbons (Fsp3) is 0.333. The fourth-order valence-corrected chi connectivity index (χ4v) is 3.95. The van der Waals surface area contributed by atoms with Crippen LogP contribution in [0.4, 0.5) is 0 Å². The van der Waals surface area contributed by atoms with Crippen LogP contribution in [0.3, 0.4) is 0 Å². The molecular weight excluding hydrogens is 328 g/mol. The van der Waals surface area contributed by atoms with Crippen molar-refractivity contribution >= 4 is 24.0 Å². The van der Waals surface area contributed by atoms with E-state index in [-0.39, 0.29) is 17.2 Å². The van der Waals surface area contributed by atoms with Gasteiger partial charge in [0.25, 0.3) is 5.91 Å². The van der Waals surface area contributed by atoms with Gasteiger partial charge in [0.2, 0.25) is 0 Å². The summed E-state index contributed by atoms with van der Waals surface area (Å²) in [6.07, 6.45) is 4.42. The van der Waals surface area contributed by atoms with E-state index < -0.39 is 5.54 Å². The van der Waals surface area contributed by atoms with Gasteiger partial charge >= 0.3 is 0 Å². The molecule has 1 heterocycles. The van der Waals surface area contributed by atoms with Crippen LogP contribution >= 0.6 is 11.8 Å². The zero-order chi connectivity index (χ0) is 17.9. The van der Waals surface area contributed by atoms with Gasteiger partial charge in [0.15, 0.2) is 5.54 Å². The van der Waals surface area contributed by atoms with Crippen molar-refractivity contribution < 1.29 is 4.79 Å². The second-order valence-electron chi connectivity index (χ2n) is 6.51. The average molecular weight is 353 g/mol. The number of amides is 1. The van der Waals surface area contributed by atoms with E-state index in [9.17, 15) is 4.79 Å². The predicted octanol–water partition coefficient (Wildman–Crippen LogP) is 4.35. The van der Waals surface area contributed by atoms with Crippen molar-refractivity contribution in [1.82, 2.24) is 4.90 Å². The molecule has 0 saturated carbocycles. The summed E-state index contributed by atoms with van der Waals surface area (Å²) in [5.74, 6) is 0.0922. The molecular formula is C21H24N2OS. The second kappa shape index (κ2) is 7.44. The molecule has 0 aromatic heterocycles.